The van der Waals surface area contributed by atoms with E-state index in [1.807, 2.05) is 19.9 Å². The maximum absolute atomic E-state index is 13.0. The van der Waals surface area contributed by atoms with Crippen LogP contribution in [0.5, 0.6) is 0 Å². The zero-order chi connectivity index (χ0) is 17.8. The first kappa shape index (κ1) is 16.6. The van der Waals surface area contributed by atoms with Gasteiger partial charge in [0.05, 0.1) is 6.04 Å². The number of anilines is 4. The fraction of sp³-hybridized carbons (Fsp3) is 0.250. The zero-order valence-electron chi connectivity index (χ0n) is 13.9. The largest absolute Gasteiger partial charge is 0.368 e. The summed E-state index contributed by atoms with van der Waals surface area (Å²) in [6.07, 6.45) is 0.843. The van der Waals surface area contributed by atoms with E-state index in [1.165, 1.54) is 12.1 Å². The Labute approximate surface area is 144 Å². The number of hydrogen-bond donors (Lipinski definition) is 4. The van der Waals surface area contributed by atoms with E-state index in [0.717, 1.165) is 17.7 Å². The van der Waals surface area contributed by atoms with E-state index in [2.05, 4.69) is 35.8 Å². The molecule has 1 unspecified atom stereocenters. The molecule has 3 rings (SSSR count). The van der Waals surface area contributed by atoms with Crippen molar-refractivity contribution in [2.75, 3.05) is 16.4 Å². The Morgan fingerprint density at radius 1 is 1.16 bits per heavy atom. The van der Waals surface area contributed by atoms with Gasteiger partial charge in [0.2, 0.25) is 17.8 Å². The summed E-state index contributed by atoms with van der Waals surface area (Å²) in [5.74, 6) is 1.00. The standard InChI is InChI=1S/C16H19FN8/c1-3-12-8-13(25-24-12)20-16-22-14(18)21-15(23-16)19-9(2)10-4-6-11(17)7-5-10/h4-9H,3H2,1-2H3,(H5,18,19,20,21,22,23,24,25). The summed E-state index contributed by atoms with van der Waals surface area (Å²) in [5.41, 5.74) is 7.65. The van der Waals surface area contributed by atoms with Crippen LogP contribution in [-0.4, -0.2) is 25.1 Å². The van der Waals surface area contributed by atoms with Gasteiger partial charge in [0, 0.05) is 11.8 Å². The van der Waals surface area contributed by atoms with Crippen LogP contribution in [-0.2, 0) is 6.42 Å². The van der Waals surface area contributed by atoms with Crippen molar-refractivity contribution in [3.63, 3.8) is 0 Å². The lowest BCUT2D eigenvalue weighted by atomic mass is 10.1. The molecule has 0 amide bonds. The number of aromatic amines is 1. The van der Waals surface area contributed by atoms with Gasteiger partial charge in [0.25, 0.3) is 0 Å². The summed E-state index contributed by atoms with van der Waals surface area (Å²) in [5, 5.41) is 13.1. The normalized spacial score (nSPS) is 12.0. The summed E-state index contributed by atoms with van der Waals surface area (Å²) in [6.45, 7) is 3.94. The van der Waals surface area contributed by atoms with Crippen molar-refractivity contribution < 1.29 is 4.39 Å². The van der Waals surface area contributed by atoms with Crippen LogP contribution in [0.3, 0.4) is 0 Å². The predicted molar refractivity (Wildman–Crippen MR) is 93.9 cm³/mol. The van der Waals surface area contributed by atoms with Crippen molar-refractivity contribution in [1.29, 1.82) is 0 Å². The van der Waals surface area contributed by atoms with Gasteiger partial charge in [-0.05, 0) is 31.0 Å². The van der Waals surface area contributed by atoms with Gasteiger partial charge in [0.1, 0.15) is 5.82 Å². The molecule has 1 atom stereocenters. The third kappa shape index (κ3) is 4.19. The van der Waals surface area contributed by atoms with Crippen molar-refractivity contribution in [3.8, 4) is 0 Å². The summed E-state index contributed by atoms with van der Waals surface area (Å²) >= 11 is 0. The molecule has 9 heteroatoms. The first-order valence-corrected chi connectivity index (χ1v) is 7.88. The number of aryl methyl sites for hydroxylation is 1. The van der Waals surface area contributed by atoms with Crippen LogP contribution < -0.4 is 16.4 Å². The first-order valence-electron chi connectivity index (χ1n) is 7.88. The SMILES string of the molecule is CCc1cc(Nc2nc(N)nc(NC(C)c3ccc(F)cc3)n2)n[nH]1. The van der Waals surface area contributed by atoms with E-state index in [0.29, 0.717) is 11.8 Å². The molecule has 0 bridgehead atoms. The van der Waals surface area contributed by atoms with Crippen LogP contribution in [0.4, 0.5) is 28.1 Å². The number of hydrogen-bond acceptors (Lipinski definition) is 7. The maximum atomic E-state index is 13.0. The van der Waals surface area contributed by atoms with Gasteiger partial charge < -0.3 is 16.4 Å². The van der Waals surface area contributed by atoms with E-state index in [4.69, 9.17) is 5.73 Å². The van der Waals surface area contributed by atoms with Crippen LogP contribution in [0, 0.1) is 5.82 Å². The van der Waals surface area contributed by atoms with Gasteiger partial charge in [0.15, 0.2) is 5.82 Å². The molecule has 8 nitrogen and oxygen atoms in total. The highest BCUT2D eigenvalue weighted by Gasteiger charge is 2.11. The monoisotopic (exact) mass is 342 g/mol. The summed E-state index contributed by atoms with van der Waals surface area (Å²) in [4.78, 5) is 12.4. The molecule has 0 aliphatic heterocycles. The fourth-order valence-corrected chi connectivity index (χ4v) is 2.26. The van der Waals surface area contributed by atoms with Crippen LogP contribution in [0.1, 0.15) is 31.1 Å². The number of nitrogen functional groups attached to an aromatic ring is 1. The van der Waals surface area contributed by atoms with E-state index >= 15 is 0 Å². The molecule has 2 heterocycles. The number of halogens is 1. The van der Waals surface area contributed by atoms with E-state index < -0.39 is 0 Å². The van der Waals surface area contributed by atoms with Crippen LogP contribution in [0.15, 0.2) is 30.3 Å². The number of nitrogens with two attached hydrogens (primary N) is 1. The molecule has 25 heavy (non-hydrogen) atoms. The predicted octanol–water partition coefficient (Wildman–Crippen LogP) is 2.80. The lowest BCUT2D eigenvalue weighted by Gasteiger charge is -2.14. The van der Waals surface area contributed by atoms with E-state index in [-0.39, 0.29) is 23.8 Å². The Morgan fingerprint density at radius 3 is 2.56 bits per heavy atom. The summed E-state index contributed by atoms with van der Waals surface area (Å²) < 4.78 is 13.0. The van der Waals surface area contributed by atoms with Gasteiger partial charge in [-0.1, -0.05) is 19.1 Å². The molecule has 5 N–H and O–H groups in total. The minimum atomic E-state index is -0.280. The zero-order valence-corrected chi connectivity index (χ0v) is 13.9. The third-order valence-corrected chi connectivity index (χ3v) is 3.62. The van der Waals surface area contributed by atoms with Crippen molar-refractivity contribution in [2.24, 2.45) is 0 Å². The quantitative estimate of drug-likeness (QED) is 0.544. The third-order valence-electron chi connectivity index (χ3n) is 3.62. The number of aromatic nitrogens is 5. The van der Waals surface area contributed by atoms with Crippen molar-refractivity contribution in [2.45, 2.75) is 26.3 Å². The Morgan fingerprint density at radius 2 is 1.88 bits per heavy atom. The summed E-state index contributed by atoms with van der Waals surface area (Å²) in [7, 11) is 0. The molecular formula is C16H19FN8. The Hall–Kier alpha value is -3.23. The average molecular weight is 342 g/mol. The average Bonchev–Trinajstić information content (AvgIpc) is 3.02. The second-order valence-corrected chi connectivity index (χ2v) is 5.52. The van der Waals surface area contributed by atoms with Gasteiger partial charge in [-0.3, -0.25) is 5.10 Å². The lowest BCUT2D eigenvalue weighted by Crippen LogP contribution is -2.12. The fourth-order valence-electron chi connectivity index (χ4n) is 2.26. The van der Waals surface area contributed by atoms with Crippen molar-refractivity contribution in [3.05, 3.63) is 47.4 Å². The topological polar surface area (TPSA) is 117 Å². The van der Waals surface area contributed by atoms with Crippen LogP contribution in [0.25, 0.3) is 0 Å². The number of rotatable bonds is 6. The number of nitrogens with one attached hydrogen (secondary N) is 3. The van der Waals surface area contributed by atoms with Crippen molar-refractivity contribution >= 4 is 23.7 Å². The minimum absolute atomic E-state index is 0.0811. The number of nitrogens with zero attached hydrogens (tertiary/aromatic N) is 4. The molecule has 1 aromatic carbocycles. The Balaban J connectivity index is 1.75. The molecule has 0 saturated heterocycles. The Bertz CT molecular complexity index is 846. The highest BCUT2D eigenvalue weighted by Crippen LogP contribution is 2.19. The molecule has 0 radical (unpaired) electrons. The van der Waals surface area contributed by atoms with Gasteiger partial charge in [-0.25, -0.2) is 4.39 Å². The van der Waals surface area contributed by atoms with E-state index in [9.17, 15) is 4.39 Å². The van der Waals surface area contributed by atoms with Crippen LogP contribution in [0.2, 0.25) is 0 Å². The summed E-state index contributed by atoms with van der Waals surface area (Å²) in [6, 6.07) is 7.96. The highest BCUT2D eigenvalue weighted by molar-refractivity contribution is 5.51. The number of H-pyrrole nitrogens is 1. The number of benzene rings is 1. The van der Waals surface area contributed by atoms with Gasteiger partial charge >= 0.3 is 0 Å². The lowest BCUT2D eigenvalue weighted by molar-refractivity contribution is 0.626. The second kappa shape index (κ2) is 7.12. The van der Waals surface area contributed by atoms with Gasteiger partial charge in [-0.15, -0.1) is 0 Å². The molecule has 2 aromatic heterocycles. The molecule has 130 valence electrons. The molecule has 0 fully saturated rings. The molecule has 0 saturated carbocycles. The maximum Gasteiger partial charge on any atom is 0.235 e. The minimum Gasteiger partial charge on any atom is -0.368 e. The Kier molecular flexibility index (Phi) is 4.73. The van der Waals surface area contributed by atoms with E-state index in [1.54, 1.807) is 12.1 Å². The molecular weight excluding hydrogens is 323 g/mol. The molecule has 0 aliphatic carbocycles. The molecule has 3 aromatic rings. The molecule has 0 aliphatic rings. The second-order valence-electron chi connectivity index (χ2n) is 5.52. The highest BCUT2D eigenvalue weighted by atomic mass is 19.1. The van der Waals surface area contributed by atoms with Gasteiger partial charge in [-0.2, -0.15) is 20.1 Å². The smallest absolute Gasteiger partial charge is 0.235 e. The van der Waals surface area contributed by atoms with Crippen LogP contribution >= 0.6 is 0 Å². The van der Waals surface area contributed by atoms with Crippen molar-refractivity contribution in [1.82, 2.24) is 25.1 Å². The molecule has 0 spiro atoms. The first-order chi connectivity index (χ1) is 12.0.